The Morgan fingerprint density at radius 1 is 1.23 bits per heavy atom. The van der Waals surface area contributed by atoms with E-state index in [1.54, 1.807) is 24.3 Å². The molecule has 2 heterocycles. The molecule has 6 heteroatoms. The quantitative estimate of drug-likeness (QED) is 0.724. The average Bonchev–Trinajstić information content (AvgIpc) is 2.79. The molecule has 2 aromatic carbocycles. The maximum Gasteiger partial charge on any atom is 0.253 e. The van der Waals surface area contributed by atoms with Gasteiger partial charge in [0, 0.05) is 17.6 Å². The summed E-state index contributed by atoms with van der Waals surface area (Å²) in [5, 5.41) is 2.85. The van der Waals surface area contributed by atoms with Crippen LogP contribution in [0.4, 0.5) is 4.39 Å². The molecule has 4 rings (SSSR count). The van der Waals surface area contributed by atoms with Gasteiger partial charge in [-0.05, 0) is 30.3 Å². The number of benzene rings is 2. The number of para-hydroxylation sites is 1. The summed E-state index contributed by atoms with van der Waals surface area (Å²) in [7, 11) is 0. The van der Waals surface area contributed by atoms with E-state index in [9.17, 15) is 9.18 Å². The van der Waals surface area contributed by atoms with E-state index in [1.165, 1.54) is 6.07 Å². The monoisotopic (exact) mass is 359 g/mol. The van der Waals surface area contributed by atoms with Crippen LogP contribution in [0.2, 0.25) is 0 Å². The Bertz CT molecular complexity index is 919. The Labute approximate surface area is 134 Å². The minimum Gasteiger partial charge on any atom is -0.350 e. The minimum absolute atomic E-state index is 0.120. The molecule has 0 saturated heterocycles. The van der Waals surface area contributed by atoms with Gasteiger partial charge in [-0.15, -0.1) is 0 Å². The molecular formula is C16H11BrFN3O. The van der Waals surface area contributed by atoms with Gasteiger partial charge in [0.05, 0.1) is 22.2 Å². The van der Waals surface area contributed by atoms with Gasteiger partial charge in [0.1, 0.15) is 11.6 Å². The highest BCUT2D eigenvalue weighted by Crippen LogP contribution is 2.31. The average molecular weight is 360 g/mol. The molecule has 1 N–H and O–H groups in total. The molecule has 0 aliphatic carbocycles. The maximum absolute atomic E-state index is 14.2. The molecule has 0 saturated carbocycles. The standard InChI is InChI=1S/C16H11BrFN3O/c17-9-4-5-12(18)11(8-9)15-20-13-3-1-2-10-14(13)21(15)7-6-19-16(10)22/h1-5,8H,6-7H2,(H,19,22). The molecule has 22 heavy (non-hydrogen) atoms. The predicted octanol–water partition coefficient (Wildman–Crippen LogP) is 3.35. The zero-order valence-corrected chi connectivity index (χ0v) is 13.0. The summed E-state index contributed by atoms with van der Waals surface area (Å²) in [5.41, 5.74) is 2.45. The van der Waals surface area contributed by atoms with E-state index in [4.69, 9.17) is 0 Å². The molecule has 0 unspecified atom stereocenters. The van der Waals surface area contributed by atoms with Crippen LogP contribution >= 0.6 is 15.9 Å². The third-order valence-electron chi connectivity index (χ3n) is 3.80. The number of carbonyl (C=O) groups excluding carboxylic acids is 1. The van der Waals surface area contributed by atoms with E-state index < -0.39 is 0 Å². The molecular weight excluding hydrogens is 349 g/mol. The van der Waals surface area contributed by atoms with E-state index >= 15 is 0 Å². The largest absolute Gasteiger partial charge is 0.350 e. The third-order valence-corrected chi connectivity index (χ3v) is 4.29. The Balaban J connectivity index is 2.07. The smallest absolute Gasteiger partial charge is 0.253 e. The van der Waals surface area contributed by atoms with Crippen molar-refractivity contribution in [2.24, 2.45) is 0 Å². The van der Waals surface area contributed by atoms with Crippen molar-refractivity contribution in [1.29, 1.82) is 0 Å². The number of nitrogens with one attached hydrogen (secondary N) is 1. The van der Waals surface area contributed by atoms with Crippen molar-refractivity contribution in [3.05, 3.63) is 52.3 Å². The Morgan fingerprint density at radius 3 is 2.95 bits per heavy atom. The van der Waals surface area contributed by atoms with Crippen LogP contribution in [-0.2, 0) is 6.54 Å². The van der Waals surface area contributed by atoms with Crippen molar-refractivity contribution >= 4 is 32.9 Å². The highest BCUT2D eigenvalue weighted by molar-refractivity contribution is 9.10. The third kappa shape index (κ3) is 1.94. The van der Waals surface area contributed by atoms with Crippen LogP contribution in [0, 0.1) is 5.82 Å². The van der Waals surface area contributed by atoms with Gasteiger partial charge in [0.25, 0.3) is 5.91 Å². The van der Waals surface area contributed by atoms with Crippen LogP contribution < -0.4 is 5.32 Å². The number of hydrogen-bond acceptors (Lipinski definition) is 2. The Morgan fingerprint density at radius 2 is 2.09 bits per heavy atom. The lowest BCUT2D eigenvalue weighted by Crippen LogP contribution is -2.24. The fraction of sp³-hybridized carbons (Fsp3) is 0.125. The summed E-state index contributed by atoms with van der Waals surface area (Å²) in [6.07, 6.45) is 0. The topological polar surface area (TPSA) is 46.9 Å². The van der Waals surface area contributed by atoms with Crippen LogP contribution in [0.15, 0.2) is 40.9 Å². The molecule has 1 aromatic heterocycles. The summed E-state index contributed by atoms with van der Waals surface area (Å²) in [5.74, 6) is 0.0862. The summed E-state index contributed by atoms with van der Waals surface area (Å²) in [4.78, 5) is 16.7. The molecule has 0 radical (unpaired) electrons. The van der Waals surface area contributed by atoms with E-state index in [-0.39, 0.29) is 11.7 Å². The minimum atomic E-state index is -0.333. The van der Waals surface area contributed by atoms with Gasteiger partial charge in [-0.25, -0.2) is 9.37 Å². The van der Waals surface area contributed by atoms with Crippen LogP contribution in [0.5, 0.6) is 0 Å². The molecule has 4 nitrogen and oxygen atoms in total. The van der Waals surface area contributed by atoms with Crippen molar-refractivity contribution in [1.82, 2.24) is 14.9 Å². The number of halogens is 2. The summed E-state index contributed by atoms with van der Waals surface area (Å²) >= 11 is 3.37. The number of imidazole rings is 1. The Kier molecular flexibility index (Phi) is 3.00. The molecule has 0 spiro atoms. The zero-order valence-electron chi connectivity index (χ0n) is 11.4. The lowest BCUT2D eigenvalue weighted by molar-refractivity contribution is 0.0956. The van der Waals surface area contributed by atoms with E-state index in [0.717, 1.165) is 9.99 Å². The van der Waals surface area contributed by atoms with Crippen molar-refractivity contribution in [2.75, 3.05) is 6.54 Å². The second-order valence-electron chi connectivity index (χ2n) is 5.14. The molecule has 0 bridgehead atoms. The van der Waals surface area contributed by atoms with E-state index in [0.29, 0.717) is 35.6 Å². The van der Waals surface area contributed by atoms with Crippen LogP contribution in [0.25, 0.3) is 22.4 Å². The second kappa shape index (κ2) is 4.91. The number of carbonyl (C=O) groups is 1. The van der Waals surface area contributed by atoms with Gasteiger partial charge in [-0.1, -0.05) is 22.0 Å². The predicted molar refractivity (Wildman–Crippen MR) is 85.2 cm³/mol. The lowest BCUT2D eigenvalue weighted by Gasteiger charge is -2.08. The van der Waals surface area contributed by atoms with Gasteiger partial charge >= 0.3 is 0 Å². The van der Waals surface area contributed by atoms with Gasteiger partial charge in [0.15, 0.2) is 0 Å². The van der Waals surface area contributed by atoms with Crippen molar-refractivity contribution < 1.29 is 9.18 Å². The first-order chi connectivity index (χ1) is 10.6. The first-order valence-electron chi connectivity index (χ1n) is 6.88. The number of hydrogen-bond donors (Lipinski definition) is 1. The van der Waals surface area contributed by atoms with Gasteiger partial charge in [-0.2, -0.15) is 0 Å². The van der Waals surface area contributed by atoms with Crippen LogP contribution in [0.3, 0.4) is 0 Å². The molecule has 1 amide bonds. The molecule has 1 aliphatic heterocycles. The second-order valence-corrected chi connectivity index (χ2v) is 6.06. The molecule has 0 atom stereocenters. The van der Waals surface area contributed by atoms with Gasteiger partial charge in [0.2, 0.25) is 0 Å². The highest BCUT2D eigenvalue weighted by atomic mass is 79.9. The van der Waals surface area contributed by atoms with Crippen molar-refractivity contribution in [2.45, 2.75) is 6.54 Å². The summed E-state index contributed by atoms with van der Waals surface area (Å²) in [6.45, 7) is 1.04. The fourth-order valence-corrected chi connectivity index (χ4v) is 3.20. The van der Waals surface area contributed by atoms with E-state index in [1.807, 2.05) is 10.6 Å². The molecule has 0 fully saturated rings. The van der Waals surface area contributed by atoms with Crippen molar-refractivity contribution in [3.8, 4) is 11.4 Å². The number of amides is 1. The number of aromatic nitrogens is 2. The SMILES string of the molecule is O=C1NCCn2c(-c3cc(Br)ccc3F)nc3cccc1c32. The normalized spacial score (nSPS) is 14.0. The van der Waals surface area contributed by atoms with E-state index in [2.05, 4.69) is 26.2 Å². The first-order valence-corrected chi connectivity index (χ1v) is 7.67. The molecule has 110 valence electrons. The highest BCUT2D eigenvalue weighted by Gasteiger charge is 2.22. The van der Waals surface area contributed by atoms with Crippen LogP contribution in [-0.4, -0.2) is 22.0 Å². The number of nitrogens with zero attached hydrogens (tertiary/aromatic N) is 2. The number of rotatable bonds is 1. The van der Waals surface area contributed by atoms with Crippen LogP contribution in [0.1, 0.15) is 10.4 Å². The first kappa shape index (κ1) is 13.5. The lowest BCUT2D eigenvalue weighted by atomic mass is 10.1. The summed E-state index contributed by atoms with van der Waals surface area (Å²) in [6, 6.07) is 10.2. The van der Waals surface area contributed by atoms with Gasteiger partial charge < -0.3 is 9.88 Å². The molecule has 3 aromatic rings. The summed E-state index contributed by atoms with van der Waals surface area (Å²) < 4.78 is 16.9. The zero-order chi connectivity index (χ0) is 15.3. The Hall–Kier alpha value is -2.21. The van der Waals surface area contributed by atoms with Gasteiger partial charge in [-0.3, -0.25) is 4.79 Å². The van der Waals surface area contributed by atoms with Crippen molar-refractivity contribution in [3.63, 3.8) is 0 Å². The maximum atomic E-state index is 14.2. The fourth-order valence-electron chi connectivity index (χ4n) is 2.84. The molecule has 1 aliphatic rings.